The maximum Gasteiger partial charge on any atom is 0.209 e. The fourth-order valence-electron chi connectivity index (χ4n) is 1.30. The Morgan fingerprint density at radius 1 is 1.29 bits per heavy atom. The molecule has 0 heterocycles. The summed E-state index contributed by atoms with van der Waals surface area (Å²) in [5.41, 5.74) is 0.209. The topological polar surface area (TPSA) is 72.2 Å². The van der Waals surface area contributed by atoms with Crippen molar-refractivity contribution < 1.29 is 17.2 Å². The van der Waals surface area contributed by atoms with E-state index in [0.717, 1.165) is 18.2 Å². The van der Waals surface area contributed by atoms with Gasteiger partial charge in [0.1, 0.15) is 11.6 Å². The molecule has 7 heteroatoms. The molecular formula is C10H14F2N2O2S. The van der Waals surface area contributed by atoms with Gasteiger partial charge in [0.25, 0.3) is 0 Å². The lowest BCUT2D eigenvalue weighted by Crippen LogP contribution is -2.22. The molecule has 0 atom stereocenters. The van der Waals surface area contributed by atoms with E-state index in [-0.39, 0.29) is 17.9 Å². The highest BCUT2D eigenvalue weighted by Crippen LogP contribution is 2.08. The highest BCUT2D eigenvalue weighted by molar-refractivity contribution is 7.89. The van der Waals surface area contributed by atoms with Crippen LogP contribution in [0.15, 0.2) is 18.2 Å². The molecule has 0 fully saturated rings. The fraction of sp³-hybridized carbons (Fsp3) is 0.400. The molecule has 1 aromatic rings. The third kappa shape index (κ3) is 5.71. The van der Waals surface area contributed by atoms with Gasteiger partial charge in [0.2, 0.25) is 10.0 Å². The molecule has 0 saturated carbocycles. The van der Waals surface area contributed by atoms with Crippen molar-refractivity contribution in [2.45, 2.75) is 13.0 Å². The van der Waals surface area contributed by atoms with Crippen LogP contribution in [0.25, 0.3) is 0 Å². The number of benzene rings is 1. The van der Waals surface area contributed by atoms with Crippen LogP contribution < -0.4 is 10.5 Å². The Hall–Kier alpha value is -1.05. The molecule has 4 nitrogen and oxygen atoms in total. The first-order valence-electron chi connectivity index (χ1n) is 5.03. The van der Waals surface area contributed by atoms with Crippen molar-refractivity contribution in [2.24, 2.45) is 5.14 Å². The summed E-state index contributed by atoms with van der Waals surface area (Å²) < 4.78 is 47.1. The molecule has 0 unspecified atom stereocenters. The first-order chi connectivity index (χ1) is 7.88. The summed E-state index contributed by atoms with van der Waals surface area (Å²) in [5.74, 6) is -1.14. The van der Waals surface area contributed by atoms with Crippen LogP contribution >= 0.6 is 0 Å². The molecular weight excluding hydrogens is 250 g/mol. The van der Waals surface area contributed by atoms with Gasteiger partial charge in [-0.1, -0.05) is 0 Å². The van der Waals surface area contributed by atoms with E-state index in [1.54, 1.807) is 0 Å². The third-order valence-electron chi connectivity index (χ3n) is 2.11. The molecule has 17 heavy (non-hydrogen) atoms. The Morgan fingerprint density at radius 2 is 2.00 bits per heavy atom. The summed E-state index contributed by atoms with van der Waals surface area (Å²) in [7, 11) is -3.46. The number of hydrogen-bond donors (Lipinski definition) is 2. The Balaban J connectivity index is 2.34. The molecule has 0 aromatic heterocycles. The minimum absolute atomic E-state index is 0.133. The number of nitrogens with two attached hydrogens (primary N) is 1. The SMILES string of the molecule is NS(=O)(=O)CCCNCc1cc(F)ccc1F. The van der Waals surface area contributed by atoms with E-state index >= 15 is 0 Å². The van der Waals surface area contributed by atoms with Crippen molar-refractivity contribution in [3.8, 4) is 0 Å². The maximum atomic E-state index is 13.1. The second-order valence-corrected chi connectivity index (χ2v) is 5.37. The van der Waals surface area contributed by atoms with Crippen molar-refractivity contribution in [1.82, 2.24) is 5.32 Å². The first kappa shape index (κ1) is 14.0. The van der Waals surface area contributed by atoms with Crippen LogP contribution in [-0.2, 0) is 16.6 Å². The Morgan fingerprint density at radius 3 is 2.65 bits per heavy atom. The molecule has 1 aromatic carbocycles. The Kier molecular flexibility index (Phi) is 4.98. The van der Waals surface area contributed by atoms with Crippen LogP contribution in [0, 0.1) is 11.6 Å². The number of sulfonamides is 1. The summed E-state index contributed by atoms with van der Waals surface area (Å²) in [6.45, 7) is 0.514. The average molecular weight is 264 g/mol. The molecule has 0 bridgehead atoms. The summed E-state index contributed by atoms with van der Waals surface area (Å²) in [6, 6.07) is 3.19. The van der Waals surface area contributed by atoms with Gasteiger partial charge in [-0.25, -0.2) is 22.3 Å². The molecule has 3 N–H and O–H groups in total. The quantitative estimate of drug-likeness (QED) is 0.744. The van der Waals surface area contributed by atoms with Crippen LogP contribution in [0.1, 0.15) is 12.0 Å². The molecule has 0 spiro atoms. The summed E-state index contributed by atoms with van der Waals surface area (Å²) in [6.07, 6.45) is 0.329. The zero-order chi connectivity index (χ0) is 12.9. The highest BCUT2D eigenvalue weighted by atomic mass is 32.2. The van der Waals surface area contributed by atoms with E-state index in [1.165, 1.54) is 0 Å². The second kappa shape index (κ2) is 6.04. The van der Waals surface area contributed by atoms with Gasteiger partial charge >= 0.3 is 0 Å². The predicted octanol–water partition coefficient (Wildman–Crippen LogP) is 0.733. The van der Waals surface area contributed by atoms with Gasteiger partial charge in [0, 0.05) is 12.1 Å². The first-order valence-corrected chi connectivity index (χ1v) is 6.75. The van der Waals surface area contributed by atoms with Crippen molar-refractivity contribution in [3.05, 3.63) is 35.4 Å². The van der Waals surface area contributed by atoms with Gasteiger partial charge < -0.3 is 5.32 Å². The van der Waals surface area contributed by atoms with E-state index in [2.05, 4.69) is 5.32 Å². The van der Waals surface area contributed by atoms with Gasteiger partial charge in [-0.05, 0) is 31.2 Å². The monoisotopic (exact) mass is 264 g/mol. The minimum Gasteiger partial charge on any atom is -0.313 e. The van der Waals surface area contributed by atoms with Gasteiger partial charge in [0.05, 0.1) is 5.75 Å². The van der Waals surface area contributed by atoms with E-state index in [4.69, 9.17) is 5.14 Å². The van der Waals surface area contributed by atoms with Crippen LogP contribution in [0.3, 0.4) is 0 Å². The number of halogens is 2. The number of nitrogens with one attached hydrogen (secondary N) is 1. The van der Waals surface area contributed by atoms with Crippen molar-refractivity contribution >= 4 is 10.0 Å². The summed E-state index contributed by atoms with van der Waals surface area (Å²) >= 11 is 0. The van der Waals surface area contributed by atoms with Gasteiger partial charge in [-0.3, -0.25) is 0 Å². The van der Waals surface area contributed by atoms with Crippen LogP contribution in [-0.4, -0.2) is 20.7 Å². The number of primary sulfonamides is 1. The van der Waals surface area contributed by atoms with E-state index in [1.807, 2.05) is 0 Å². The van der Waals surface area contributed by atoms with E-state index in [0.29, 0.717) is 13.0 Å². The number of rotatable bonds is 6. The van der Waals surface area contributed by atoms with Crippen LogP contribution in [0.5, 0.6) is 0 Å². The normalized spacial score (nSPS) is 11.7. The Bertz CT molecular complexity index is 477. The van der Waals surface area contributed by atoms with Crippen LogP contribution in [0.2, 0.25) is 0 Å². The lowest BCUT2D eigenvalue weighted by Gasteiger charge is -2.05. The second-order valence-electron chi connectivity index (χ2n) is 3.63. The molecule has 96 valence electrons. The van der Waals surface area contributed by atoms with E-state index < -0.39 is 21.7 Å². The van der Waals surface area contributed by atoms with Crippen molar-refractivity contribution in [3.63, 3.8) is 0 Å². The average Bonchev–Trinajstić information content (AvgIpc) is 2.21. The lowest BCUT2D eigenvalue weighted by molar-refractivity contribution is 0.565. The van der Waals surface area contributed by atoms with Gasteiger partial charge in [-0.15, -0.1) is 0 Å². The molecule has 0 aliphatic carbocycles. The minimum atomic E-state index is -3.46. The van der Waals surface area contributed by atoms with Gasteiger partial charge in [-0.2, -0.15) is 0 Å². The van der Waals surface area contributed by atoms with Crippen molar-refractivity contribution in [2.75, 3.05) is 12.3 Å². The van der Waals surface area contributed by atoms with Crippen molar-refractivity contribution in [1.29, 1.82) is 0 Å². The van der Waals surface area contributed by atoms with E-state index in [9.17, 15) is 17.2 Å². The molecule has 0 aliphatic heterocycles. The zero-order valence-electron chi connectivity index (χ0n) is 9.12. The third-order valence-corrected chi connectivity index (χ3v) is 2.96. The summed E-state index contributed by atoms with van der Waals surface area (Å²) in [4.78, 5) is 0. The number of hydrogen-bond acceptors (Lipinski definition) is 3. The smallest absolute Gasteiger partial charge is 0.209 e. The predicted molar refractivity (Wildman–Crippen MR) is 60.7 cm³/mol. The molecule has 0 aliphatic rings. The Labute approximate surface area is 98.9 Å². The zero-order valence-corrected chi connectivity index (χ0v) is 9.93. The molecule has 0 amide bonds. The standard InChI is InChI=1S/C10H14F2N2O2S/c11-9-2-3-10(12)8(6-9)7-14-4-1-5-17(13,15)16/h2-3,6,14H,1,4-5,7H2,(H2,13,15,16). The fourth-order valence-corrected chi connectivity index (χ4v) is 1.85. The molecule has 1 rings (SSSR count). The largest absolute Gasteiger partial charge is 0.313 e. The van der Waals surface area contributed by atoms with Gasteiger partial charge in [0.15, 0.2) is 0 Å². The highest BCUT2D eigenvalue weighted by Gasteiger charge is 2.04. The van der Waals surface area contributed by atoms with Crippen LogP contribution in [0.4, 0.5) is 8.78 Å². The summed E-state index contributed by atoms with van der Waals surface area (Å²) in [5, 5.41) is 7.62. The molecule has 0 radical (unpaired) electrons. The lowest BCUT2D eigenvalue weighted by atomic mass is 10.2. The maximum absolute atomic E-state index is 13.1. The molecule has 0 saturated heterocycles.